The molecule has 0 spiro atoms. The molecule has 5 heteroatoms. The van der Waals surface area contributed by atoms with Gasteiger partial charge >= 0.3 is 0 Å². The monoisotopic (exact) mass is 327 g/mol. The molecule has 3 nitrogen and oxygen atoms in total. The van der Waals surface area contributed by atoms with Crippen molar-refractivity contribution in [3.63, 3.8) is 0 Å². The molecule has 1 amide bonds. The van der Waals surface area contributed by atoms with Crippen LogP contribution in [0.3, 0.4) is 0 Å². The molecule has 0 bridgehead atoms. The van der Waals surface area contributed by atoms with Gasteiger partial charge in [0.05, 0.1) is 16.5 Å². The number of ketones is 1. The lowest BCUT2D eigenvalue weighted by atomic mass is 9.97. The highest BCUT2D eigenvalue weighted by atomic mass is 35.5. The molecule has 1 aromatic carbocycles. The third kappa shape index (κ3) is 4.45. The number of nitrogens with zero attached hydrogens (tertiary/aromatic N) is 1. The summed E-state index contributed by atoms with van der Waals surface area (Å²) in [6.45, 7) is 2.31. The van der Waals surface area contributed by atoms with Gasteiger partial charge in [0.15, 0.2) is 0 Å². The maximum atomic E-state index is 12.5. The molecule has 1 unspecified atom stereocenters. The van der Waals surface area contributed by atoms with Crippen LogP contribution in [-0.2, 0) is 16.0 Å². The topological polar surface area (TPSA) is 37.4 Å². The molecule has 0 radical (unpaired) electrons. The van der Waals surface area contributed by atoms with Gasteiger partial charge in [-0.25, -0.2) is 0 Å². The predicted molar refractivity (Wildman–Crippen MR) is 84.8 cm³/mol. The van der Waals surface area contributed by atoms with E-state index in [4.69, 9.17) is 23.2 Å². The number of hydrogen-bond acceptors (Lipinski definition) is 2. The van der Waals surface area contributed by atoms with Gasteiger partial charge in [0.25, 0.3) is 0 Å². The summed E-state index contributed by atoms with van der Waals surface area (Å²) in [5.74, 6) is 0.188. The first kappa shape index (κ1) is 16.3. The van der Waals surface area contributed by atoms with Gasteiger partial charge in [-0.05, 0) is 43.9 Å². The Morgan fingerprint density at radius 2 is 2.00 bits per heavy atom. The SMILES string of the molecule is CC(=O)CC1CCCCN1C(=O)Cc1ccc(Cl)c(Cl)c1. The van der Waals surface area contributed by atoms with E-state index in [-0.39, 0.29) is 17.7 Å². The molecule has 0 saturated carbocycles. The van der Waals surface area contributed by atoms with Crippen molar-refractivity contribution in [2.24, 2.45) is 0 Å². The molecule has 1 aliphatic heterocycles. The maximum absolute atomic E-state index is 12.5. The Balaban J connectivity index is 2.06. The van der Waals surface area contributed by atoms with E-state index in [0.29, 0.717) is 22.9 Å². The van der Waals surface area contributed by atoms with Crippen molar-refractivity contribution < 1.29 is 9.59 Å². The summed E-state index contributed by atoms with van der Waals surface area (Å²) in [6, 6.07) is 5.30. The number of hydrogen-bond donors (Lipinski definition) is 0. The van der Waals surface area contributed by atoms with Gasteiger partial charge in [-0.15, -0.1) is 0 Å². The minimum Gasteiger partial charge on any atom is -0.339 e. The van der Waals surface area contributed by atoms with Gasteiger partial charge in [-0.3, -0.25) is 9.59 Å². The molecule has 0 aliphatic carbocycles. The Hall–Kier alpha value is -1.06. The summed E-state index contributed by atoms with van der Waals surface area (Å²) < 4.78 is 0. The third-order valence-corrected chi connectivity index (χ3v) is 4.55. The molecule has 0 N–H and O–H groups in total. The lowest BCUT2D eigenvalue weighted by Gasteiger charge is -2.35. The van der Waals surface area contributed by atoms with Crippen LogP contribution in [0, 0.1) is 0 Å². The number of carbonyl (C=O) groups is 2. The normalized spacial score (nSPS) is 18.6. The smallest absolute Gasteiger partial charge is 0.227 e. The number of likely N-dealkylation sites (tertiary alicyclic amines) is 1. The molecule has 1 aliphatic rings. The van der Waals surface area contributed by atoms with Gasteiger partial charge in [0.2, 0.25) is 5.91 Å². The van der Waals surface area contributed by atoms with Crippen LogP contribution in [0.2, 0.25) is 10.0 Å². The summed E-state index contributed by atoms with van der Waals surface area (Å²) >= 11 is 11.9. The van der Waals surface area contributed by atoms with Gasteiger partial charge in [-0.2, -0.15) is 0 Å². The fourth-order valence-electron chi connectivity index (χ4n) is 2.80. The Labute approximate surface area is 135 Å². The van der Waals surface area contributed by atoms with Crippen LogP contribution in [0.5, 0.6) is 0 Å². The largest absolute Gasteiger partial charge is 0.339 e. The second-order valence-electron chi connectivity index (χ2n) is 5.57. The van der Waals surface area contributed by atoms with Crippen molar-refractivity contribution in [1.82, 2.24) is 4.90 Å². The van der Waals surface area contributed by atoms with Crippen molar-refractivity contribution in [1.29, 1.82) is 0 Å². The van der Waals surface area contributed by atoms with Crippen LogP contribution >= 0.6 is 23.2 Å². The molecule has 1 heterocycles. The van der Waals surface area contributed by atoms with Gasteiger partial charge < -0.3 is 4.90 Å². The van der Waals surface area contributed by atoms with E-state index in [1.165, 1.54) is 0 Å². The Kier molecular flexibility index (Phi) is 5.65. The van der Waals surface area contributed by atoms with E-state index in [1.807, 2.05) is 11.0 Å². The lowest BCUT2D eigenvalue weighted by molar-refractivity contribution is -0.135. The number of benzene rings is 1. The van der Waals surface area contributed by atoms with Crippen molar-refractivity contribution in [2.75, 3.05) is 6.54 Å². The van der Waals surface area contributed by atoms with Crippen molar-refractivity contribution in [3.05, 3.63) is 33.8 Å². The first-order valence-corrected chi connectivity index (χ1v) is 7.96. The highest BCUT2D eigenvalue weighted by Gasteiger charge is 2.27. The van der Waals surface area contributed by atoms with E-state index < -0.39 is 0 Å². The highest BCUT2D eigenvalue weighted by Crippen LogP contribution is 2.25. The summed E-state index contributed by atoms with van der Waals surface area (Å²) in [5, 5.41) is 0.946. The summed E-state index contributed by atoms with van der Waals surface area (Å²) in [5.41, 5.74) is 0.849. The standard InChI is InChI=1S/C16H19Cl2NO2/c1-11(20)8-13-4-2-3-7-19(13)16(21)10-12-5-6-14(17)15(18)9-12/h5-6,9,13H,2-4,7-8,10H2,1H3. The number of piperidine rings is 1. The number of Topliss-reactive ketones (excluding diaryl/α,β-unsaturated/α-hetero) is 1. The Morgan fingerprint density at radius 1 is 1.24 bits per heavy atom. The number of carbonyl (C=O) groups excluding carboxylic acids is 2. The second-order valence-corrected chi connectivity index (χ2v) is 6.38. The average Bonchev–Trinajstić information content (AvgIpc) is 2.43. The number of amides is 1. The van der Waals surface area contributed by atoms with E-state index in [0.717, 1.165) is 31.4 Å². The van der Waals surface area contributed by atoms with Crippen molar-refractivity contribution in [2.45, 2.75) is 45.1 Å². The van der Waals surface area contributed by atoms with E-state index in [9.17, 15) is 9.59 Å². The zero-order chi connectivity index (χ0) is 15.4. The second kappa shape index (κ2) is 7.28. The summed E-state index contributed by atoms with van der Waals surface area (Å²) in [6.07, 6.45) is 3.74. The Bertz CT molecular complexity index is 545. The number of halogens is 2. The van der Waals surface area contributed by atoms with Crippen molar-refractivity contribution >= 4 is 34.9 Å². The highest BCUT2D eigenvalue weighted by molar-refractivity contribution is 6.42. The lowest BCUT2D eigenvalue weighted by Crippen LogP contribution is -2.45. The Morgan fingerprint density at radius 3 is 2.67 bits per heavy atom. The third-order valence-electron chi connectivity index (χ3n) is 3.81. The number of rotatable bonds is 4. The maximum Gasteiger partial charge on any atom is 0.227 e. The van der Waals surface area contributed by atoms with Crippen LogP contribution in [-0.4, -0.2) is 29.2 Å². The zero-order valence-electron chi connectivity index (χ0n) is 12.1. The van der Waals surface area contributed by atoms with Crippen LogP contribution in [0.15, 0.2) is 18.2 Å². The minimum absolute atomic E-state index is 0.0477. The minimum atomic E-state index is 0.0477. The fraction of sp³-hybridized carbons (Fsp3) is 0.500. The quantitative estimate of drug-likeness (QED) is 0.841. The molecule has 1 saturated heterocycles. The average molecular weight is 328 g/mol. The van der Waals surface area contributed by atoms with E-state index in [1.54, 1.807) is 19.1 Å². The van der Waals surface area contributed by atoms with Crippen LogP contribution < -0.4 is 0 Å². The van der Waals surface area contributed by atoms with Crippen LogP contribution in [0.4, 0.5) is 0 Å². The summed E-state index contributed by atoms with van der Waals surface area (Å²) in [4.78, 5) is 25.7. The van der Waals surface area contributed by atoms with Gasteiger partial charge in [0, 0.05) is 19.0 Å². The molecule has 1 atom stereocenters. The molecule has 1 aromatic rings. The predicted octanol–water partition coefficient (Wildman–Crippen LogP) is 3.90. The molecule has 21 heavy (non-hydrogen) atoms. The zero-order valence-corrected chi connectivity index (χ0v) is 13.6. The molecular weight excluding hydrogens is 309 g/mol. The molecule has 1 fully saturated rings. The van der Waals surface area contributed by atoms with E-state index in [2.05, 4.69) is 0 Å². The van der Waals surface area contributed by atoms with Gasteiger partial charge in [0.1, 0.15) is 5.78 Å². The van der Waals surface area contributed by atoms with Crippen LogP contribution in [0.25, 0.3) is 0 Å². The fourth-order valence-corrected chi connectivity index (χ4v) is 3.12. The van der Waals surface area contributed by atoms with E-state index >= 15 is 0 Å². The molecule has 114 valence electrons. The molecule has 2 rings (SSSR count). The van der Waals surface area contributed by atoms with Gasteiger partial charge in [-0.1, -0.05) is 29.3 Å². The summed E-state index contributed by atoms with van der Waals surface area (Å²) in [7, 11) is 0. The van der Waals surface area contributed by atoms with Crippen LogP contribution in [0.1, 0.15) is 38.2 Å². The molecule has 0 aromatic heterocycles. The first-order chi connectivity index (χ1) is 9.97. The molecular formula is C16H19Cl2NO2. The van der Waals surface area contributed by atoms with Crippen molar-refractivity contribution in [3.8, 4) is 0 Å². The first-order valence-electron chi connectivity index (χ1n) is 7.20.